The lowest BCUT2D eigenvalue weighted by molar-refractivity contribution is -0.131. The van der Waals surface area contributed by atoms with Crippen molar-refractivity contribution < 1.29 is 14.7 Å². The molecule has 0 fully saturated rings. The molecule has 0 aromatic heterocycles. The molecule has 1 amide bonds. The molecule has 2 unspecified atom stereocenters. The van der Waals surface area contributed by atoms with Crippen molar-refractivity contribution in [3.63, 3.8) is 0 Å². The minimum Gasteiger partial charge on any atom is -0.477 e. The van der Waals surface area contributed by atoms with Crippen LogP contribution >= 0.6 is 35.0 Å². The van der Waals surface area contributed by atoms with E-state index in [9.17, 15) is 14.7 Å². The van der Waals surface area contributed by atoms with E-state index in [-0.39, 0.29) is 26.6 Å². The zero-order valence-corrected chi connectivity index (χ0v) is 20.1. The first kappa shape index (κ1) is 23.4. The summed E-state index contributed by atoms with van der Waals surface area (Å²) in [6.45, 7) is 1.89. The van der Waals surface area contributed by atoms with Gasteiger partial charge in [-0.1, -0.05) is 83.9 Å². The van der Waals surface area contributed by atoms with Crippen LogP contribution in [0, 0.1) is 0 Å². The van der Waals surface area contributed by atoms with Gasteiger partial charge in [0.1, 0.15) is 4.91 Å². The zero-order chi connectivity index (χ0) is 23.5. The number of allylic oxidation sites excluding steroid dienone is 1. The summed E-state index contributed by atoms with van der Waals surface area (Å²) < 4.78 is 0. The van der Waals surface area contributed by atoms with Crippen LogP contribution in [0.15, 0.2) is 89.5 Å². The van der Waals surface area contributed by atoms with Crippen LogP contribution in [-0.2, 0) is 4.79 Å². The van der Waals surface area contributed by atoms with Crippen LogP contribution in [0.2, 0.25) is 10.0 Å². The number of hydrogen-bond donors (Lipinski definition) is 1. The predicted octanol–water partition coefficient (Wildman–Crippen LogP) is 7.37. The van der Waals surface area contributed by atoms with E-state index in [0.29, 0.717) is 17.1 Å². The van der Waals surface area contributed by atoms with Crippen LogP contribution in [0.25, 0.3) is 0 Å². The van der Waals surface area contributed by atoms with Crippen LogP contribution in [0.3, 0.4) is 0 Å². The number of nitrogens with zero attached hydrogens (tertiary/aromatic N) is 1. The lowest BCUT2D eigenvalue weighted by Gasteiger charge is -2.32. The first-order valence-electron chi connectivity index (χ1n) is 10.4. The van der Waals surface area contributed by atoms with Crippen molar-refractivity contribution in [2.45, 2.75) is 24.6 Å². The Hall–Kier alpha value is -2.73. The number of carboxylic acid groups (broad SMARTS) is 1. The van der Waals surface area contributed by atoms with Gasteiger partial charge in [0.2, 0.25) is 0 Å². The van der Waals surface area contributed by atoms with Crippen LogP contribution in [0.4, 0.5) is 0 Å². The van der Waals surface area contributed by atoms with Gasteiger partial charge in [-0.3, -0.25) is 4.79 Å². The van der Waals surface area contributed by atoms with Gasteiger partial charge in [-0.2, -0.15) is 0 Å². The number of carbonyl (C=O) groups excluding carboxylic acids is 1. The normalized spacial score (nSPS) is 16.5. The Morgan fingerprint density at radius 3 is 2.24 bits per heavy atom. The molecule has 0 saturated carbocycles. The molecule has 0 bridgehead atoms. The summed E-state index contributed by atoms with van der Waals surface area (Å²) in [5.74, 6) is -1.41. The van der Waals surface area contributed by atoms with Crippen molar-refractivity contribution in [2.24, 2.45) is 0 Å². The first-order chi connectivity index (χ1) is 15.9. The summed E-state index contributed by atoms with van der Waals surface area (Å²) in [7, 11) is 0. The number of thioether (sulfide) groups is 1. The Morgan fingerprint density at radius 1 is 1.00 bits per heavy atom. The fourth-order valence-electron chi connectivity index (χ4n) is 3.96. The van der Waals surface area contributed by atoms with Gasteiger partial charge >= 0.3 is 5.97 Å². The van der Waals surface area contributed by atoms with Gasteiger partial charge in [-0.15, -0.1) is 11.8 Å². The fraction of sp³-hybridized carbons (Fsp3) is 0.154. The number of rotatable bonds is 6. The predicted molar refractivity (Wildman–Crippen MR) is 134 cm³/mol. The third-order valence-electron chi connectivity index (χ3n) is 5.61. The molecule has 168 valence electrons. The van der Waals surface area contributed by atoms with Crippen LogP contribution in [0.5, 0.6) is 0 Å². The topological polar surface area (TPSA) is 57.6 Å². The molecule has 3 aromatic rings. The monoisotopic (exact) mass is 497 g/mol. The average Bonchev–Trinajstić information content (AvgIpc) is 3.25. The van der Waals surface area contributed by atoms with E-state index in [1.54, 1.807) is 17.0 Å². The van der Waals surface area contributed by atoms with E-state index in [0.717, 1.165) is 11.1 Å². The Bertz CT molecular complexity index is 1210. The number of carboxylic acids is 1. The molecular weight excluding hydrogens is 477 g/mol. The molecule has 4 rings (SSSR count). The highest BCUT2D eigenvalue weighted by Crippen LogP contribution is 2.50. The van der Waals surface area contributed by atoms with Crippen LogP contribution in [0.1, 0.15) is 46.1 Å². The largest absolute Gasteiger partial charge is 0.477 e. The molecular formula is C26H21Cl2NO3S. The van der Waals surface area contributed by atoms with Gasteiger partial charge in [0, 0.05) is 22.4 Å². The molecule has 1 aliphatic heterocycles. The number of halogens is 2. The van der Waals surface area contributed by atoms with Gasteiger partial charge in [-0.25, -0.2) is 4.79 Å². The lowest BCUT2D eigenvalue weighted by atomic mass is 10.0. The smallest absolute Gasteiger partial charge is 0.343 e. The minimum atomic E-state index is -1.05. The fourth-order valence-corrected chi connectivity index (χ4v) is 5.69. The molecule has 3 aromatic carbocycles. The third kappa shape index (κ3) is 4.96. The molecule has 7 heteroatoms. The molecule has 0 spiro atoms. The summed E-state index contributed by atoms with van der Waals surface area (Å²) in [4.78, 5) is 27.9. The van der Waals surface area contributed by atoms with E-state index in [4.69, 9.17) is 23.2 Å². The Balaban J connectivity index is 1.81. The van der Waals surface area contributed by atoms with Gasteiger partial charge in [-0.05, 0) is 36.2 Å². The second kappa shape index (κ2) is 10.0. The van der Waals surface area contributed by atoms with Crippen LogP contribution in [-0.4, -0.2) is 21.9 Å². The standard InChI is InChI=1S/C26H21Cl2NO3S/c1-16(17-8-4-2-5-9-17)29(25(30)20-13-12-19(27)14-21(20)28)22-15-23(33-24(22)26(31)32)18-10-6-3-7-11-18/h2-14,16,23H,15H2,1H3,(H,31,32). The summed E-state index contributed by atoms with van der Waals surface area (Å²) in [5.41, 5.74) is 2.66. The molecule has 1 heterocycles. The van der Waals surface area contributed by atoms with Crippen LogP contribution < -0.4 is 0 Å². The van der Waals surface area contributed by atoms with Gasteiger partial charge in [0.15, 0.2) is 0 Å². The Labute approximate surface area is 206 Å². The van der Waals surface area contributed by atoms with Gasteiger partial charge in [0.05, 0.1) is 16.6 Å². The zero-order valence-electron chi connectivity index (χ0n) is 17.7. The third-order valence-corrected chi connectivity index (χ3v) is 7.52. The van der Waals surface area contributed by atoms with Crippen molar-refractivity contribution >= 4 is 46.8 Å². The van der Waals surface area contributed by atoms with Crippen molar-refractivity contribution in [3.8, 4) is 0 Å². The van der Waals surface area contributed by atoms with Crippen molar-refractivity contribution in [1.82, 2.24) is 4.90 Å². The first-order valence-corrected chi connectivity index (χ1v) is 12.0. The number of carbonyl (C=O) groups is 2. The maximum atomic E-state index is 13.9. The molecule has 0 saturated heterocycles. The quantitative estimate of drug-likeness (QED) is 0.386. The van der Waals surface area contributed by atoms with Crippen molar-refractivity contribution in [1.29, 1.82) is 0 Å². The number of benzene rings is 3. The van der Waals surface area contributed by atoms with Gasteiger partial charge in [0.25, 0.3) is 5.91 Å². The second-order valence-electron chi connectivity index (χ2n) is 7.69. The van der Waals surface area contributed by atoms with Crippen molar-refractivity contribution in [3.05, 3.63) is 116 Å². The Kier molecular flexibility index (Phi) is 7.13. The molecule has 1 N–H and O–H groups in total. The number of hydrogen-bond acceptors (Lipinski definition) is 3. The summed E-state index contributed by atoms with van der Waals surface area (Å²) in [5, 5.41) is 10.6. The van der Waals surface area contributed by atoms with E-state index >= 15 is 0 Å². The maximum Gasteiger partial charge on any atom is 0.343 e. The molecule has 1 aliphatic rings. The summed E-state index contributed by atoms with van der Waals surface area (Å²) in [6, 6.07) is 23.6. The minimum absolute atomic E-state index is 0.105. The molecule has 2 atom stereocenters. The molecule has 4 nitrogen and oxygen atoms in total. The number of amides is 1. The molecule has 33 heavy (non-hydrogen) atoms. The molecule has 0 radical (unpaired) electrons. The van der Waals surface area contributed by atoms with E-state index in [1.807, 2.05) is 67.6 Å². The maximum absolute atomic E-state index is 13.9. The van der Waals surface area contributed by atoms with E-state index < -0.39 is 12.0 Å². The second-order valence-corrected chi connectivity index (χ2v) is 9.74. The number of aliphatic carboxylic acids is 1. The van der Waals surface area contributed by atoms with Gasteiger partial charge < -0.3 is 10.0 Å². The highest BCUT2D eigenvalue weighted by atomic mass is 35.5. The van der Waals surface area contributed by atoms with E-state index in [2.05, 4.69) is 0 Å². The molecule has 0 aliphatic carbocycles. The summed E-state index contributed by atoms with van der Waals surface area (Å²) in [6.07, 6.45) is 0.407. The highest BCUT2D eigenvalue weighted by Gasteiger charge is 2.38. The Morgan fingerprint density at radius 2 is 1.64 bits per heavy atom. The SMILES string of the molecule is CC(c1ccccc1)N(C(=O)c1ccc(Cl)cc1Cl)C1=C(C(=O)O)SC(c2ccccc2)C1. The van der Waals surface area contributed by atoms with E-state index in [1.165, 1.54) is 17.8 Å². The lowest BCUT2D eigenvalue weighted by Crippen LogP contribution is -2.34. The highest BCUT2D eigenvalue weighted by molar-refractivity contribution is 8.04. The summed E-state index contributed by atoms with van der Waals surface area (Å²) >= 11 is 13.7. The van der Waals surface area contributed by atoms with Crippen molar-refractivity contribution in [2.75, 3.05) is 0 Å². The average molecular weight is 498 g/mol.